The Morgan fingerprint density at radius 2 is 0.793 bits per heavy atom. The van der Waals surface area contributed by atoms with E-state index in [0.717, 1.165) is 12.8 Å². The molecule has 0 aromatic carbocycles. The average Bonchev–Trinajstić information content (AvgIpc) is 2.69. The fourth-order valence-electron chi connectivity index (χ4n) is 4.11. The second-order valence-electron chi connectivity index (χ2n) is 8.81. The van der Waals surface area contributed by atoms with Gasteiger partial charge in [-0.05, 0) is 12.8 Å². The zero-order valence-electron chi connectivity index (χ0n) is 19.4. The maximum Gasteiger partial charge on any atom is 0.321 e. The molecule has 0 aromatic heterocycles. The molecule has 0 aliphatic heterocycles. The summed E-state index contributed by atoms with van der Waals surface area (Å²) >= 11 is 0. The Hall–Kier alpha value is -1.06. The van der Waals surface area contributed by atoms with Gasteiger partial charge in [-0.25, -0.2) is 0 Å². The molecule has 172 valence electrons. The first kappa shape index (κ1) is 27.9. The lowest BCUT2D eigenvalue weighted by Crippen LogP contribution is -2.38. The molecule has 4 nitrogen and oxygen atoms in total. The van der Waals surface area contributed by atoms with Crippen molar-refractivity contribution in [2.45, 2.75) is 142 Å². The minimum atomic E-state index is -1.59. The fraction of sp³-hybridized carbons (Fsp3) is 0.920. The highest BCUT2D eigenvalue weighted by atomic mass is 16.4. The van der Waals surface area contributed by atoms with Gasteiger partial charge in [0.2, 0.25) is 0 Å². The molecular weight excluding hydrogens is 364 g/mol. The summed E-state index contributed by atoms with van der Waals surface area (Å²) in [5.74, 6) is -2.39. The van der Waals surface area contributed by atoms with Crippen molar-refractivity contribution >= 4 is 11.9 Å². The quantitative estimate of drug-likeness (QED) is 0.140. The van der Waals surface area contributed by atoms with E-state index in [2.05, 4.69) is 6.92 Å². The topological polar surface area (TPSA) is 74.6 Å². The molecular formula is C25H48O4. The van der Waals surface area contributed by atoms with Crippen LogP contribution in [0.5, 0.6) is 0 Å². The van der Waals surface area contributed by atoms with Gasteiger partial charge in [-0.15, -0.1) is 0 Å². The Kier molecular flexibility index (Phi) is 18.2. The van der Waals surface area contributed by atoms with Crippen LogP contribution in [0, 0.1) is 5.41 Å². The summed E-state index contributed by atoms with van der Waals surface area (Å²) in [5, 5.41) is 18.5. The van der Waals surface area contributed by atoms with E-state index in [9.17, 15) is 19.8 Å². The molecule has 0 spiro atoms. The normalized spacial score (nSPS) is 11.7. The van der Waals surface area contributed by atoms with Crippen molar-refractivity contribution in [1.82, 2.24) is 0 Å². The number of aliphatic carboxylic acids is 2. The number of rotatable bonds is 22. The van der Waals surface area contributed by atoms with Gasteiger partial charge in [0.1, 0.15) is 0 Å². The maximum absolute atomic E-state index is 11.3. The van der Waals surface area contributed by atoms with E-state index in [1.54, 1.807) is 6.92 Å². The molecule has 0 radical (unpaired) electrons. The Labute approximate surface area is 179 Å². The zero-order chi connectivity index (χ0) is 21.8. The van der Waals surface area contributed by atoms with Gasteiger partial charge in [0, 0.05) is 0 Å². The highest BCUT2D eigenvalue weighted by Gasteiger charge is 2.44. The molecule has 0 saturated carbocycles. The Bertz CT molecular complexity index is 392. The van der Waals surface area contributed by atoms with Gasteiger partial charge in [-0.1, -0.05) is 129 Å². The van der Waals surface area contributed by atoms with Crippen LogP contribution in [-0.2, 0) is 9.59 Å². The van der Waals surface area contributed by atoms with Crippen LogP contribution in [0.25, 0.3) is 0 Å². The van der Waals surface area contributed by atoms with Gasteiger partial charge in [0.15, 0.2) is 5.41 Å². The minimum absolute atomic E-state index is 0.149. The van der Waals surface area contributed by atoms with Crippen LogP contribution < -0.4 is 0 Å². The molecule has 0 bridgehead atoms. The zero-order valence-corrected chi connectivity index (χ0v) is 19.4. The smallest absolute Gasteiger partial charge is 0.321 e. The van der Waals surface area contributed by atoms with E-state index in [0.29, 0.717) is 6.42 Å². The first-order valence-corrected chi connectivity index (χ1v) is 12.5. The van der Waals surface area contributed by atoms with Crippen molar-refractivity contribution in [1.29, 1.82) is 0 Å². The molecule has 0 aliphatic rings. The van der Waals surface area contributed by atoms with E-state index in [1.165, 1.54) is 96.3 Å². The van der Waals surface area contributed by atoms with Gasteiger partial charge in [0.05, 0.1) is 0 Å². The molecule has 0 rings (SSSR count). The van der Waals surface area contributed by atoms with Crippen LogP contribution in [-0.4, -0.2) is 22.2 Å². The Morgan fingerprint density at radius 1 is 0.517 bits per heavy atom. The molecule has 0 amide bonds. The first-order valence-electron chi connectivity index (χ1n) is 12.5. The molecule has 2 N–H and O–H groups in total. The van der Waals surface area contributed by atoms with Crippen molar-refractivity contribution in [3.8, 4) is 0 Å². The van der Waals surface area contributed by atoms with E-state index < -0.39 is 17.4 Å². The summed E-state index contributed by atoms with van der Waals surface area (Å²) in [4.78, 5) is 22.7. The molecule has 0 atom stereocenters. The third-order valence-electron chi connectivity index (χ3n) is 6.38. The first-order chi connectivity index (χ1) is 14.0. The molecule has 0 heterocycles. The maximum atomic E-state index is 11.3. The Balaban J connectivity index is 3.40. The van der Waals surface area contributed by atoms with Crippen LogP contribution >= 0.6 is 0 Å². The van der Waals surface area contributed by atoms with Gasteiger partial charge in [0.25, 0.3) is 0 Å². The van der Waals surface area contributed by atoms with Crippen LogP contribution in [0.2, 0.25) is 0 Å². The monoisotopic (exact) mass is 412 g/mol. The summed E-state index contributed by atoms with van der Waals surface area (Å²) in [6, 6.07) is 0. The van der Waals surface area contributed by atoms with Crippen LogP contribution in [0.15, 0.2) is 0 Å². The van der Waals surface area contributed by atoms with E-state index in [1.807, 2.05) is 0 Å². The average molecular weight is 413 g/mol. The van der Waals surface area contributed by atoms with E-state index >= 15 is 0 Å². The summed E-state index contributed by atoms with van der Waals surface area (Å²) < 4.78 is 0. The van der Waals surface area contributed by atoms with Gasteiger partial charge >= 0.3 is 11.9 Å². The number of carbonyl (C=O) groups is 2. The molecule has 0 aromatic rings. The predicted molar refractivity (Wildman–Crippen MR) is 121 cm³/mol. The van der Waals surface area contributed by atoms with Crippen molar-refractivity contribution in [2.75, 3.05) is 0 Å². The van der Waals surface area contributed by atoms with Gasteiger partial charge in [-0.3, -0.25) is 9.59 Å². The number of hydrogen-bond donors (Lipinski definition) is 2. The van der Waals surface area contributed by atoms with E-state index in [4.69, 9.17) is 0 Å². The SMILES string of the molecule is CCCCCCCCCCCCCCCCCCCCC(CC)(C(=O)O)C(=O)O. The van der Waals surface area contributed by atoms with Gasteiger partial charge in [-0.2, -0.15) is 0 Å². The fourth-order valence-corrected chi connectivity index (χ4v) is 4.11. The summed E-state index contributed by atoms with van der Waals surface area (Å²) in [7, 11) is 0. The molecule has 0 unspecified atom stereocenters. The third-order valence-corrected chi connectivity index (χ3v) is 6.38. The van der Waals surface area contributed by atoms with Crippen LogP contribution in [0.1, 0.15) is 142 Å². The summed E-state index contributed by atoms with van der Waals surface area (Å²) in [6.45, 7) is 3.92. The lowest BCUT2D eigenvalue weighted by atomic mass is 9.80. The van der Waals surface area contributed by atoms with Crippen molar-refractivity contribution in [3.05, 3.63) is 0 Å². The molecule has 0 fully saturated rings. The highest BCUT2D eigenvalue weighted by Crippen LogP contribution is 2.30. The second kappa shape index (κ2) is 18.9. The largest absolute Gasteiger partial charge is 0.480 e. The molecule has 4 heteroatoms. The lowest BCUT2D eigenvalue weighted by molar-refractivity contribution is -0.165. The molecule has 0 saturated heterocycles. The second-order valence-corrected chi connectivity index (χ2v) is 8.81. The predicted octanol–water partition coefficient (Wildman–Crippen LogP) is 7.98. The third kappa shape index (κ3) is 13.7. The van der Waals surface area contributed by atoms with Crippen LogP contribution in [0.4, 0.5) is 0 Å². The lowest BCUT2D eigenvalue weighted by Gasteiger charge is -2.22. The molecule has 29 heavy (non-hydrogen) atoms. The number of hydrogen-bond acceptors (Lipinski definition) is 2. The summed E-state index contributed by atoms with van der Waals surface area (Å²) in [5.41, 5.74) is -1.59. The van der Waals surface area contributed by atoms with Gasteiger partial charge < -0.3 is 10.2 Å². The van der Waals surface area contributed by atoms with Crippen LogP contribution in [0.3, 0.4) is 0 Å². The highest BCUT2D eigenvalue weighted by molar-refractivity contribution is 5.98. The summed E-state index contributed by atoms with van der Waals surface area (Å²) in [6.07, 6.45) is 23.5. The van der Waals surface area contributed by atoms with E-state index in [-0.39, 0.29) is 12.8 Å². The minimum Gasteiger partial charge on any atom is -0.480 e. The number of carboxylic acids is 2. The molecule has 0 aliphatic carbocycles. The van der Waals surface area contributed by atoms with Crippen molar-refractivity contribution in [3.63, 3.8) is 0 Å². The number of carboxylic acid groups (broad SMARTS) is 2. The Morgan fingerprint density at radius 3 is 1.03 bits per heavy atom. The van der Waals surface area contributed by atoms with Crippen molar-refractivity contribution < 1.29 is 19.8 Å². The number of unbranched alkanes of at least 4 members (excludes halogenated alkanes) is 17. The standard InChI is InChI=1S/C25H48O4/c1-3-5-6-7-8-9-10-11-12-13-14-15-16-17-18-19-20-21-22-25(4-2,23(26)27)24(28)29/h3-22H2,1-2H3,(H,26,27)(H,28,29). The van der Waals surface area contributed by atoms with Crippen molar-refractivity contribution in [2.24, 2.45) is 5.41 Å².